The number of benzene rings is 1. The van der Waals surface area contributed by atoms with Crippen LogP contribution in [0.2, 0.25) is 0 Å². The zero-order valence-electron chi connectivity index (χ0n) is 11.0. The van der Waals surface area contributed by atoms with Crippen molar-refractivity contribution in [1.82, 2.24) is 4.98 Å². The van der Waals surface area contributed by atoms with Gasteiger partial charge < -0.3 is 0 Å². The van der Waals surface area contributed by atoms with Gasteiger partial charge in [0.05, 0.1) is 11.2 Å². The highest BCUT2D eigenvalue weighted by atomic mass is 79.9. The molecule has 0 aliphatic rings. The van der Waals surface area contributed by atoms with Gasteiger partial charge >= 0.3 is 0 Å². The van der Waals surface area contributed by atoms with E-state index in [1.807, 2.05) is 19.1 Å². The lowest BCUT2D eigenvalue weighted by Crippen LogP contribution is -2.11. The fourth-order valence-electron chi connectivity index (χ4n) is 1.97. The van der Waals surface area contributed by atoms with E-state index in [0.717, 1.165) is 14.7 Å². The number of hydrogen-bond donors (Lipinski definition) is 1. The molecule has 0 fully saturated rings. The van der Waals surface area contributed by atoms with Crippen LogP contribution in [0.15, 0.2) is 51.3 Å². The number of para-hydroxylation sites is 1. The normalized spacial score (nSPS) is 11.7. The van der Waals surface area contributed by atoms with Crippen LogP contribution in [-0.4, -0.2) is 13.4 Å². The van der Waals surface area contributed by atoms with E-state index < -0.39 is 10.0 Å². The van der Waals surface area contributed by atoms with Crippen LogP contribution < -0.4 is 4.72 Å². The molecule has 0 unspecified atom stereocenters. The van der Waals surface area contributed by atoms with E-state index in [2.05, 4.69) is 25.6 Å². The molecule has 0 atom stereocenters. The summed E-state index contributed by atoms with van der Waals surface area (Å²) in [5.74, 6) is 0. The SMILES string of the molecule is Cc1ccc(S(=O)(=O)Nc2cccc3cc(Br)cnc23)s1. The number of hydrogen-bond acceptors (Lipinski definition) is 4. The first-order valence-electron chi connectivity index (χ1n) is 6.09. The Hall–Kier alpha value is -1.44. The van der Waals surface area contributed by atoms with Gasteiger partial charge in [0.25, 0.3) is 10.0 Å². The van der Waals surface area contributed by atoms with Crippen molar-refractivity contribution in [3.8, 4) is 0 Å². The lowest BCUT2D eigenvalue weighted by Gasteiger charge is -2.09. The van der Waals surface area contributed by atoms with Crippen molar-refractivity contribution in [3.05, 3.63) is 51.9 Å². The highest BCUT2D eigenvalue weighted by Gasteiger charge is 2.17. The smallest absolute Gasteiger partial charge is 0.271 e. The number of fused-ring (bicyclic) bond motifs is 1. The Morgan fingerprint density at radius 2 is 2.05 bits per heavy atom. The number of thiophene rings is 1. The summed E-state index contributed by atoms with van der Waals surface area (Å²) in [7, 11) is -3.58. The van der Waals surface area contributed by atoms with Crippen molar-refractivity contribution in [2.75, 3.05) is 4.72 Å². The molecule has 0 spiro atoms. The van der Waals surface area contributed by atoms with Crippen molar-refractivity contribution in [3.63, 3.8) is 0 Å². The average molecular weight is 383 g/mol. The monoisotopic (exact) mass is 382 g/mol. The van der Waals surface area contributed by atoms with Crippen LogP contribution in [0, 0.1) is 6.92 Å². The van der Waals surface area contributed by atoms with E-state index in [1.54, 1.807) is 30.5 Å². The molecule has 0 amide bonds. The second kappa shape index (κ2) is 5.40. The van der Waals surface area contributed by atoms with Crippen molar-refractivity contribution < 1.29 is 8.42 Å². The third-order valence-corrected chi connectivity index (χ3v) is 6.19. The summed E-state index contributed by atoms with van der Waals surface area (Å²) < 4.78 is 28.5. The zero-order chi connectivity index (χ0) is 15.0. The highest BCUT2D eigenvalue weighted by Crippen LogP contribution is 2.28. The average Bonchev–Trinajstić information content (AvgIpc) is 2.86. The predicted octanol–water partition coefficient (Wildman–Crippen LogP) is 4.17. The molecule has 2 heterocycles. The number of nitrogens with one attached hydrogen (secondary N) is 1. The Balaban J connectivity index is 2.06. The minimum absolute atomic E-state index is 0.300. The Labute approximate surface area is 135 Å². The van der Waals surface area contributed by atoms with Gasteiger partial charge in [0, 0.05) is 20.9 Å². The largest absolute Gasteiger partial charge is 0.277 e. The number of aryl methyl sites for hydroxylation is 1. The fourth-order valence-corrected chi connectivity index (χ4v) is 4.67. The van der Waals surface area contributed by atoms with E-state index in [0.29, 0.717) is 15.4 Å². The number of nitrogens with zero attached hydrogens (tertiary/aromatic N) is 1. The Morgan fingerprint density at radius 1 is 1.24 bits per heavy atom. The van der Waals surface area contributed by atoms with Crippen molar-refractivity contribution in [2.24, 2.45) is 0 Å². The van der Waals surface area contributed by atoms with Gasteiger partial charge in [0.2, 0.25) is 0 Å². The molecule has 0 aliphatic heterocycles. The Bertz CT molecular complexity index is 920. The van der Waals surface area contributed by atoms with Crippen molar-refractivity contribution >= 4 is 53.9 Å². The Morgan fingerprint density at radius 3 is 2.76 bits per heavy atom. The van der Waals surface area contributed by atoms with Crippen LogP contribution in [0.4, 0.5) is 5.69 Å². The molecule has 1 N–H and O–H groups in total. The lowest BCUT2D eigenvalue weighted by atomic mass is 10.2. The summed E-state index contributed by atoms with van der Waals surface area (Å²) in [6.45, 7) is 1.88. The van der Waals surface area contributed by atoms with Crippen LogP contribution >= 0.6 is 27.3 Å². The predicted molar refractivity (Wildman–Crippen MR) is 89.3 cm³/mol. The number of aromatic nitrogens is 1. The second-order valence-corrected chi connectivity index (χ2v) is 8.61. The molecule has 108 valence electrons. The number of anilines is 1. The quantitative estimate of drug-likeness (QED) is 0.739. The van der Waals surface area contributed by atoms with Gasteiger partial charge in [0.1, 0.15) is 4.21 Å². The molecule has 2 aromatic heterocycles. The van der Waals surface area contributed by atoms with Crippen LogP contribution in [0.3, 0.4) is 0 Å². The molecular formula is C14H11BrN2O2S2. The molecule has 3 aromatic rings. The van der Waals surface area contributed by atoms with Crippen LogP contribution in [0.25, 0.3) is 10.9 Å². The van der Waals surface area contributed by atoms with E-state index in [-0.39, 0.29) is 0 Å². The third-order valence-electron chi connectivity index (χ3n) is 2.90. The topological polar surface area (TPSA) is 59.1 Å². The number of pyridine rings is 1. The molecule has 1 aromatic carbocycles. The van der Waals surface area contributed by atoms with E-state index in [9.17, 15) is 8.42 Å². The second-order valence-electron chi connectivity index (χ2n) is 4.50. The molecule has 4 nitrogen and oxygen atoms in total. The number of halogens is 1. The summed E-state index contributed by atoms with van der Waals surface area (Å²) in [6, 6.07) is 10.7. The van der Waals surface area contributed by atoms with E-state index >= 15 is 0 Å². The molecule has 21 heavy (non-hydrogen) atoms. The van der Waals surface area contributed by atoms with Gasteiger partial charge in [-0.05, 0) is 47.1 Å². The molecule has 0 saturated heterocycles. The minimum atomic E-state index is -3.58. The van der Waals surface area contributed by atoms with E-state index in [1.165, 1.54) is 11.3 Å². The van der Waals surface area contributed by atoms with Gasteiger partial charge in [0.15, 0.2) is 0 Å². The molecule has 3 rings (SSSR count). The van der Waals surface area contributed by atoms with Crippen LogP contribution in [-0.2, 0) is 10.0 Å². The maximum absolute atomic E-state index is 12.4. The summed E-state index contributed by atoms with van der Waals surface area (Å²) in [5.41, 5.74) is 1.10. The van der Waals surface area contributed by atoms with Crippen molar-refractivity contribution in [2.45, 2.75) is 11.1 Å². The third kappa shape index (κ3) is 2.95. The molecule has 0 saturated carbocycles. The first-order chi connectivity index (χ1) is 9.95. The summed E-state index contributed by atoms with van der Waals surface area (Å²) >= 11 is 4.60. The molecule has 7 heteroatoms. The number of rotatable bonds is 3. The summed E-state index contributed by atoms with van der Waals surface area (Å²) in [6.07, 6.45) is 1.65. The van der Waals surface area contributed by atoms with Gasteiger partial charge in [-0.3, -0.25) is 9.71 Å². The van der Waals surface area contributed by atoms with Crippen LogP contribution in [0.5, 0.6) is 0 Å². The number of sulfonamides is 1. The maximum atomic E-state index is 12.4. The van der Waals surface area contributed by atoms with Crippen molar-refractivity contribution in [1.29, 1.82) is 0 Å². The lowest BCUT2D eigenvalue weighted by molar-refractivity contribution is 0.603. The molecule has 0 aliphatic carbocycles. The first-order valence-corrected chi connectivity index (χ1v) is 9.18. The van der Waals surface area contributed by atoms with Gasteiger partial charge in [-0.25, -0.2) is 8.42 Å². The maximum Gasteiger partial charge on any atom is 0.271 e. The summed E-state index contributed by atoms with van der Waals surface area (Å²) in [5, 5.41) is 0.868. The standard InChI is InChI=1S/C14H11BrN2O2S2/c1-9-5-6-13(20-9)21(18,19)17-12-4-2-3-10-7-11(15)8-16-14(10)12/h2-8,17H,1H3. The fraction of sp³-hybridized carbons (Fsp3) is 0.0714. The molecule has 0 radical (unpaired) electrons. The zero-order valence-corrected chi connectivity index (χ0v) is 14.2. The Kier molecular flexibility index (Phi) is 3.73. The van der Waals surface area contributed by atoms with Gasteiger partial charge in [-0.2, -0.15) is 0 Å². The molecule has 0 bridgehead atoms. The molecular weight excluding hydrogens is 372 g/mol. The van der Waals surface area contributed by atoms with E-state index in [4.69, 9.17) is 0 Å². The van der Waals surface area contributed by atoms with Gasteiger partial charge in [-0.1, -0.05) is 12.1 Å². The first kappa shape index (κ1) is 14.5. The highest BCUT2D eigenvalue weighted by molar-refractivity contribution is 9.10. The summed E-state index contributed by atoms with van der Waals surface area (Å²) in [4.78, 5) is 5.25. The van der Waals surface area contributed by atoms with Crippen LogP contribution in [0.1, 0.15) is 4.88 Å². The van der Waals surface area contributed by atoms with Gasteiger partial charge in [-0.15, -0.1) is 11.3 Å². The minimum Gasteiger partial charge on any atom is -0.277 e.